The molecule has 0 aromatic heterocycles. The number of ether oxygens (including phenoxy) is 2. The van der Waals surface area contributed by atoms with Crippen molar-refractivity contribution in [2.24, 2.45) is 0 Å². The number of rotatable bonds is 5. The van der Waals surface area contributed by atoms with Crippen molar-refractivity contribution in [3.63, 3.8) is 0 Å². The van der Waals surface area contributed by atoms with Crippen LogP contribution in [-0.4, -0.2) is 69.5 Å². The Morgan fingerprint density at radius 3 is 2.50 bits per heavy atom. The average molecular weight is 410 g/mol. The van der Waals surface area contributed by atoms with Crippen LogP contribution in [0.2, 0.25) is 0 Å². The van der Waals surface area contributed by atoms with Crippen molar-refractivity contribution in [1.82, 2.24) is 15.5 Å². The highest BCUT2D eigenvalue weighted by Crippen LogP contribution is 2.21. The molecule has 0 bridgehead atoms. The molecule has 2 unspecified atom stereocenters. The van der Waals surface area contributed by atoms with Crippen LogP contribution in [0.1, 0.15) is 11.6 Å². The highest BCUT2D eigenvalue weighted by molar-refractivity contribution is 5.85. The van der Waals surface area contributed by atoms with E-state index >= 15 is 0 Å². The maximum absolute atomic E-state index is 13.2. The number of amides is 1. The Balaban J connectivity index is 0.00000169. The number of nitrogens with zero attached hydrogens (tertiary/aromatic N) is 1. The topological polar surface area (TPSA) is 62.8 Å². The number of nitrogens with one attached hydrogen (secondary N) is 2. The lowest BCUT2D eigenvalue weighted by atomic mass is 10.0. The van der Waals surface area contributed by atoms with Crippen LogP contribution in [0.3, 0.4) is 0 Å². The van der Waals surface area contributed by atoms with Crippen LogP contribution in [0.4, 0.5) is 4.39 Å². The highest BCUT2D eigenvalue weighted by atomic mass is 35.5. The molecule has 2 fully saturated rings. The van der Waals surface area contributed by atoms with Gasteiger partial charge < -0.3 is 20.1 Å². The summed E-state index contributed by atoms with van der Waals surface area (Å²) in [7, 11) is 0. The van der Waals surface area contributed by atoms with Gasteiger partial charge in [0.2, 0.25) is 5.91 Å². The van der Waals surface area contributed by atoms with Gasteiger partial charge in [0.1, 0.15) is 11.9 Å². The van der Waals surface area contributed by atoms with E-state index in [9.17, 15) is 9.18 Å². The van der Waals surface area contributed by atoms with Gasteiger partial charge in [0.05, 0.1) is 32.5 Å². The summed E-state index contributed by atoms with van der Waals surface area (Å²) in [6.45, 7) is 5.12. The minimum Gasteiger partial charge on any atom is -0.379 e. The molecule has 6 nitrogen and oxygen atoms in total. The van der Waals surface area contributed by atoms with Gasteiger partial charge in [0.15, 0.2) is 0 Å². The molecule has 0 saturated carbocycles. The monoisotopic (exact) mass is 409 g/mol. The quantitative estimate of drug-likeness (QED) is 0.763. The molecule has 2 aliphatic rings. The van der Waals surface area contributed by atoms with E-state index in [1.165, 1.54) is 12.1 Å². The van der Waals surface area contributed by atoms with E-state index < -0.39 is 0 Å². The lowest BCUT2D eigenvalue weighted by Crippen LogP contribution is -2.53. The van der Waals surface area contributed by atoms with Crippen LogP contribution in [-0.2, 0) is 14.3 Å². The average Bonchev–Trinajstić information content (AvgIpc) is 2.65. The Bertz CT molecular complexity index is 539. The van der Waals surface area contributed by atoms with Crippen molar-refractivity contribution in [2.75, 3.05) is 52.6 Å². The lowest BCUT2D eigenvalue weighted by Gasteiger charge is -2.35. The summed E-state index contributed by atoms with van der Waals surface area (Å²) in [5, 5.41) is 6.15. The van der Waals surface area contributed by atoms with Crippen molar-refractivity contribution in [3.05, 3.63) is 35.6 Å². The zero-order chi connectivity index (χ0) is 16.8. The van der Waals surface area contributed by atoms with Gasteiger partial charge in [0, 0.05) is 26.2 Å². The Morgan fingerprint density at radius 1 is 1.19 bits per heavy atom. The molecule has 2 atom stereocenters. The Labute approximate surface area is 165 Å². The molecule has 2 saturated heterocycles. The van der Waals surface area contributed by atoms with Gasteiger partial charge in [0.25, 0.3) is 0 Å². The first-order valence-electron chi connectivity index (χ1n) is 8.40. The number of hydrogen-bond acceptors (Lipinski definition) is 5. The molecule has 1 aromatic rings. The molecule has 1 aromatic carbocycles. The molecular weight excluding hydrogens is 384 g/mol. The summed E-state index contributed by atoms with van der Waals surface area (Å²) in [6.07, 6.45) is 0. The van der Waals surface area contributed by atoms with Crippen LogP contribution in [0.5, 0.6) is 0 Å². The number of carbonyl (C=O) groups is 1. The van der Waals surface area contributed by atoms with Crippen molar-refractivity contribution in [2.45, 2.75) is 12.1 Å². The fourth-order valence-electron chi connectivity index (χ4n) is 3.09. The predicted octanol–water partition coefficient (Wildman–Crippen LogP) is 1.15. The van der Waals surface area contributed by atoms with Gasteiger partial charge in [-0.15, -0.1) is 24.8 Å². The Morgan fingerprint density at radius 2 is 1.88 bits per heavy atom. The Hall–Kier alpha value is -0.960. The van der Waals surface area contributed by atoms with Crippen molar-refractivity contribution in [1.29, 1.82) is 0 Å². The van der Waals surface area contributed by atoms with Crippen LogP contribution in [0.15, 0.2) is 24.3 Å². The highest BCUT2D eigenvalue weighted by Gasteiger charge is 2.26. The van der Waals surface area contributed by atoms with E-state index in [0.717, 1.165) is 18.7 Å². The fraction of sp³-hybridized carbons (Fsp3) is 0.588. The molecule has 3 rings (SSSR count). The fourth-order valence-corrected chi connectivity index (χ4v) is 3.09. The zero-order valence-electron chi connectivity index (χ0n) is 14.5. The summed E-state index contributed by atoms with van der Waals surface area (Å²) in [6, 6.07) is 6.18. The second-order valence-corrected chi connectivity index (χ2v) is 6.04. The van der Waals surface area contributed by atoms with Gasteiger partial charge in [-0.2, -0.15) is 0 Å². The minimum absolute atomic E-state index is 0. The third-order valence-corrected chi connectivity index (χ3v) is 4.45. The van der Waals surface area contributed by atoms with E-state index in [0.29, 0.717) is 39.5 Å². The summed E-state index contributed by atoms with van der Waals surface area (Å²) in [5.74, 6) is -0.317. The van der Waals surface area contributed by atoms with Crippen LogP contribution in [0.25, 0.3) is 0 Å². The molecule has 2 N–H and O–H groups in total. The van der Waals surface area contributed by atoms with Gasteiger partial charge in [-0.3, -0.25) is 9.69 Å². The molecule has 0 radical (unpaired) electrons. The van der Waals surface area contributed by atoms with Crippen molar-refractivity contribution < 1.29 is 18.7 Å². The first-order valence-corrected chi connectivity index (χ1v) is 8.40. The molecule has 1 amide bonds. The molecule has 148 valence electrons. The molecule has 0 spiro atoms. The van der Waals surface area contributed by atoms with E-state index in [1.54, 1.807) is 12.1 Å². The number of hydrogen-bond donors (Lipinski definition) is 2. The molecule has 0 aliphatic carbocycles. The lowest BCUT2D eigenvalue weighted by molar-refractivity contribution is -0.126. The third kappa shape index (κ3) is 6.33. The first kappa shape index (κ1) is 23.1. The summed E-state index contributed by atoms with van der Waals surface area (Å²) < 4.78 is 24.0. The maximum Gasteiger partial charge on any atom is 0.239 e. The largest absolute Gasteiger partial charge is 0.379 e. The van der Waals surface area contributed by atoms with Crippen molar-refractivity contribution in [3.8, 4) is 0 Å². The van der Waals surface area contributed by atoms with Gasteiger partial charge in [-0.1, -0.05) is 12.1 Å². The first-order chi connectivity index (χ1) is 11.7. The number of halogens is 3. The predicted molar refractivity (Wildman–Crippen MR) is 102 cm³/mol. The minimum atomic E-state index is -0.308. The smallest absolute Gasteiger partial charge is 0.239 e. The van der Waals surface area contributed by atoms with Gasteiger partial charge in [-0.05, 0) is 17.7 Å². The van der Waals surface area contributed by atoms with Crippen molar-refractivity contribution >= 4 is 30.7 Å². The maximum atomic E-state index is 13.2. The molecule has 9 heteroatoms. The van der Waals surface area contributed by atoms with Crippen LogP contribution in [0, 0.1) is 5.82 Å². The van der Waals surface area contributed by atoms with E-state index in [4.69, 9.17) is 9.47 Å². The second kappa shape index (κ2) is 11.7. The number of carbonyl (C=O) groups excluding carboxylic acids is 1. The van der Waals surface area contributed by atoms with Gasteiger partial charge in [-0.25, -0.2) is 4.39 Å². The molecular formula is C17H26Cl2FN3O3. The molecule has 2 aliphatic heterocycles. The standard InChI is InChI=1S/C17H24FN3O3.2ClH/c18-14-3-1-13(2-4-14)16(21-6-9-23-10-7-21)11-20-17(22)15-12-24-8-5-19-15;;/h1-4,15-16,19H,5-12H2,(H,20,22);2*1H. The van der Waals surface area contributed by atoms with E-state index in [2.05, 4.69) is 15.5 Å². The van der Waals surface area contributed by atoms with Gasteiger partial charge >= 0.3 is 0 Å². The normalized spacial score (nSPS) is 21.8. The molecule has 2 heterocycles. The molecule has 26 heavy (non-hydrogen) atoms. The number of benzene rings is 1. The summed E-state index contributed by atoms with van der Waals surface area (Å²) >= 11 is 0. The third-order valence-electron chi connectivity index (χ3n) is 4.45. The number of morpholine rings is 2. The Kier molecular flexibility index (Phi) is 10.4. The zero-order valence-corrected chi connectivity index (χ0v) is 16.1. The summed E-state index contributed by atoms with van der Waals surface area (Å²) in [4.78, 5) is 14.6. The van der Waals surface area contributed by atoms with Crippen LogP contribution < -0.4 is 10.6 Å². The van der Waals surface area contributed by atoms with Crippen LogP contribution >= 0.6 is 24.8 Å². The van der Waals surface area contributed by atoms with E-state index in [1.807, 2.05) is 0 Å². The summed E-state index contributed by atoms with van der Waals surface area (Å²) in [5.41, 5.74) is 0.992. The van der Waals surface area contributed by atoms with E-state index in [-0.39, 0.29) is 48.6 Å². The SMILES string of the molecule is Cl.Cl.O=C(NCC(c1ccc(F)cc1)N1CCOCC1)C1COCCN1. The second-order valence-electron chi connectivity index (χ2n) is 6.04.